The van der Waals surface area contributed by atoms with Gasteiger partial charge < -0.3 is 11.1 Å². The lowest BCUT2D eigenvalue weighted by Gasteiger charge is -2.43. The van der Waals surface area contributed by atoms with Crippen LogP contribution in [0, 0.1) is 17.8 Å². The lowest BCUT2D eigenvalue weighted by molar-refractivity contribution is -0.122. The Hall–Kier alpha value is -1.43. The molecular formula is C19H24ClN3OS. The fraction of sp³-hybridized carbons (Fsp3) is 0.474. The fourth-order valence-electron chi connectivity index (χ4n) is 4.31. The number of anilines is 1. The summed E-state index contributed by atoms with van der Waals surface area (Å²) in [5.41, 5.74) is 8.27. The second-order valence-corrected chi connectivity index (χ2v) is 8.00. The Kier molecular flexibility index (Phi) is 5.77. The lowest BCUT2D eigenvalue weighted by atomic mass is 9.65. The van der Waals surface area contributed by atoms with E-state index in [1.165, 1.54) is 19.3 Å². The molecule has 2 aromatic rings. The number of hydrogen-bond donors (Lipinski definition) is 2. The largest absolute Gasteiger partial charge is 0.327 e. The predicted octanol–water partition coefficient (Wildman–Crippen LogP) is 4.32. The summed E-state index contributed by atoms with van der Waals surface area (Å²) in [7, 11) is 0. The van der Waals surface area contributed by atoms with Crippen LogP contribution < -0.4 is 11.1 Å². The van der Waals surface area contributed by atoms with Crippen LogP contribution in [-0.4, -0.2) is 16.9 Å². The molecule has 2 aliphatic carbocycles. The molecule has 0 aliphatic heterocycles. The molecule has 2 aliphatic rings. The Balaban J connectivity index is 0.00000182. The minimum atomic E-state index is 0. The van der Waals surface area contributed by atoms with Gasteiger partial charge in [0.2, 0.25) is 5.91 Å². The quantitative estimate of drug-likeness (QED) is 0.836. The number of fused-ring (bicyclic) bond motifs is 2. The molecule has 3 N–H and O–H groups in total. The molecule has 1 aromatic carbocycles. The Morgan fingerprint density at radius 2 is 1.84 bits per heavy atom. The van der Waals surface area contributed by atoms with Gasteiger partial charge in [-0.1, -0.05) is 6.42 Å². The molecule has 4 nitrogen and oxygen atoms in total. The predicted molar refractivity (Wildman–Crippen MR) is 105 cm³/mol. The van der Waals surface area contributed by atoms with Crippen molar-refractivity contribution in [2.24, 2.45) is 23.5 Å². The van der Waals surface area contributed by atoms with Crippen LogP contribution in [0.5, 0.6) is 0 Å². The van der Waals surface area contributed by atoms with Crippen molar-refractivity contribution in [1.82, 2.24) is 4.98 Å². The summed E-state index contributed by atoms with van der Waals surface area (Å²) >= 11 is 1.62. The number of thiazole rings is 1. The van der Waals surface area contributed by atoms with Crippen molar-refractivity contribution in [2.45, 2.75) is 38.1 Å². The highest BCUT2D eigenvalue weighted by atomic mass is 35.5. The molecule has 2 unspecified atom stereocenters. The number of nitrogens with one attached hydrogen (secondary N) is 1. The zero-order chi connectivity index (χ0) is 16.5. The Morgan fingerprint density at radius 3 is 2.44 bits per heavy atom. The minimum Gasteiger partial charge on any atom is -0.327 e. The Morgan fingerprint density at radius 1 is 1.16 bits per heavy atom. The second-order valence-electron chi connectivity index (χ2n) is 7.10. The van der Waals surface area contributed by atoms with Crippen LogP contribution in [0.4, 0.5) is 5.69 Å². The molecule has 2 fully saturated rings. The van der Waals surface area contributed by atoms with Crippen LogP contribution in [-0.2, 0) is 4.79 Å². The van der Waals surface area contributed by atoms with E-state index in [2.05, 4.69) is 10.3 Å². The second kappa shape index (κ2) is 7.85. The molecule has 134 valence electrons. The number of nitrogens with zero attached hydrogens (tertiary/aromatic N) is 1. The van der Waals surface area contributed by atoms with Gasteiger partial charge in [0.15, 0.2) is 0 Å². The van der Waals surface area contributed by atoms with Gasteiger partial charge in [-0.05, 0) is 61.8 Å². The maximum atomic E-state index is 12.7. The third-order valence-electron chi connectivity index (χ3n) is 5.62. The summed E-state index contributed by atoms with van der Waals surface area (Å²) in [6.07, 6.45) is 7.34. The van der Waals surface area contributed by atoms with E-state index in [1.807, 2.05) is 29.6 Å². The molecule has 6 heteroatoms. The first-order chi connectivity index (χ1) is 11.7. The maximum absolute atomic E-state index is 12.7. The number of nitrogens with two attached hydrogens (primary N) is 1. The van der Waals surface area contributed by atoms with Crippen molar-refractivity contribution in [3.63, 3.8) is 0 Å². The summed E-state index contributed by atoms with van der Waals surface area (Å²) in [4.78, 5) is 17.0. The molecule has 2 atom stereocenters. The molecule has 25 heavy (non-hydrogen) atoms. The first-order valence-electron chi connectivity index (χ1n) is 8.77. The monoisotopic (exact) mass is 377 g/mol. The summed E-state index contributed by atoms with van der Waals surface area (Å²) in [6, 6.07) is 8.26. The third kappa shape index (κ3) is 3.89. The van der Waals surface area contributed by atoms with E-state index >= 15 is 0 Å². The van der Waals surface area contributed by atoms with Gasteiger partial charge >= 0.3 is 0 Å². The number of carbonyl (C=O) groups excluding carboxylic acids is 1. The highest BCUT2D eigenvalue weighted by molar-refractivity contribution is 7.13. The van der Waals surface area contributed by atoms with Gasteiger partial charge in [-0.2, -0.15) is 0 Å². The molecule has 0 saturated heterocycles. The average molecular weight is 378 g/mol. The van der Waals surface area contributed by atoms with Gasteiger partial charge in [-0.3, -0.25) is 4.79 Å². The van der Waals surface area contributed by atoms with E-state index in [0.717, 1.165) is 29.1 Å². The van der Waals surface area contributed by atoms with Crippen molar-refractivity contribution in [2.75, 3.05) is 5.32 Å². The first kappa shape index (κ1) is 18.4. The lowest BCUT2D eigenvalue weighted by Crippen LogP contribution is -2.48. The molecule has 1 amide bonds. The topological polar surface area (TPSA) is 68.0 Å². The van der Waals surface area contributed by atoms with Crippen molar-refractivity contribution in [3.05, 3.63) is 35.8 Å². The highest BCUT2D eigenvalue weighted by Gasteiger charge is 2.40. The van der Waals surface area contributed by atoms with Gasteiger partial charge in [0.1, 0.15) is 5.01 Å². The van der Waals surface area contributed by atoms with Gasteiger partial charge in [-0.25, -0.2) is 4.98 Å². The highest BCUT2D eigenvalue weighted by Crippen LogP contribution is 2.42. The van der Waals surface area contributed by atoms with E-state index < -0.39 is 0 Å². The van der Waals surface area contributed by atoms with Gasteiger partial charge in [-0.15, -0.1) is 23.7 Å². The molecule has 2 bridgehead atoms. The van der Waals surface area contributed by atoms with Crippen LogP contribution in [0.25, 0.3) is 10.6 Å². The number of rotatable bonds is 3. The number of hydrogen-bond acceptors (Lipinski definition) is 4. The number of carbonyl (C=O) groups is 1. The average Bonchev–Trinajstić information content (AvgIpc) is 3.09. The fourth-order valence-corrected chi connectivity index (χ4v) is 4.95. The first-order valence-corrected chi connectivity index (χ1v) is 9.65. The van der Waals surface area contributed by atoms with Crippen LogP contribution in [0.1, 0.15) is 32.1 Å². The van der Waals surface area contributed by atoms with E-state index in [4.69, 9.17) is 5.73 Å². The summed E-state index contributed by atoms with van der Waals surface area (Å²) < 4.78 is 0. The normalized spacial score (nSPS) is 28.0. The van der Waals surface area contributed by atoms with Gasteiger partial charge in [0, 0.05) is 34.8 Å². The molecule has 2 saturated carbocycles. The van der Waals surface area contributed by atoms with Crippen LogP contribution in [0.3, 0.4) is 0 Å². The van der Waals surface area contributed by atoms with Crippen molar-refractivity contribution in [3.8, 4) is 10.6 Å². The molecule has 0 radical (unpaired) electrons. The summed E-state index contributed by atoms with van der Waals surface area (Å²) in [5.74, 6) is 1.32. The SMILES string of the molecule is Cl.NC1C2CCCC1CC(C(=O)Nc1ccc(-c3nccs3)cc1)C2. The van der Waals surface area contributed by atoms with E-state index in [1.54, 1.807) is 17.5 Å². The molecule has 4 rings (SSSR count). The van der Waals surface area contributed by atoms with E-state index in [9.17, 15) is 4.79 Å². The van der Waals surface area contributed by atoms with Crippen LogP contribution >= 0.6 is 23.7 Å². The van der Waals surface area contributed by atoms with Crippen molar-refractivity contribution >= 4 is 35.3 Å². The van der Waals surface area contributed by atoms with Crippen molar-refractivity contribution in [1.29, 1.82) is 0 Å². The standard InChI is InChI=1S/C19H23N3OS.ClH/c20-17-13-2-1-3-14(17)11-15(10-13)18(23)22-16-6-4-12(5-7-16)19-21-8-9-24-19;/h4-9,13-15,17H,1-3,10-11,20H2,(H,22,23);1H. The maximum Gasteiger partial charge on any atom is 0.227 e. The Labute approximate surface area is 158 Å². The zero-order valence-corrected chi connectivity index (χ0v) is 15.7. The molecule has 0 spiro atoms. The Bertz CT molecular complexity index is 690. The van der Waals surface area contributed by atoms with E-state index in [0.29, 0.717) is 17.9 Å². The number of aromatic nitrogens is 1. The van der Waals surface area contributed by atoms with E-state index in [-0.39, 0.29) is 24.2 Å². The van der Waals surface area contributed by atoms with Gasteiger partial charge in [0.05, 0.1) is 0 Å². The van der Waals surface area contributed by atoms with Crippen LogP contribution in [0.15, 0.2) is 35.8 Å². The smallest absolute Gasteiger partial charge is 0.227 e. The number of halogens is 1. The van der Waals surface area contributed by atoms with Crippen LogP contribution in [0.2, 0.25) is 0 Å². The minimum absolute atomic E-state index is 0. The number of amides is 1. The molecule has 1 heterocycles. The number of benzene rings is 1. The third-order valence-corrected chi connectivity index (χ3v) is 6.44. The summed E-state index contributed by atoms with van der Waals surface area (Å²) in [6.45, 7) is 0. The molecule has 1 aromatic heterocycles. The van der Waals surface area contributed by atoms with Crippen molar-refractivity contribution < 1.29 is 4.79 Å². The zero-order valence-electron chi connectivity index (χ0n) is 14.1. The molecular weight excluding hydrogens is 354 g/mol. The summed E-state index contributed by atoms with van der Waals surface area (Å²) in [5, 5.41) is 6.06. The van der Waals surface area contributed by atoms with Gasteiger partial charge in [0.25, 0.3) is 0 Å².